The van der Waals surface area contributed by atoms with Gasteiger partial charge in [0.15, 0.2) is 0 Å². The molecule has 0 radical (unpaired) electrons. The van der Waals surface area contributed by atoms with Crippen molar-refractivity contribution in [2.24, 2.45) is 5.84 Å². The Kier molecular flexibility index (Phi) is 3.17. The summed E-state index contributed by atoms with van der Waals surface area (Å²) in [6.45, 7) is 0. The topological polar surface area (TPSA) is 64.8 Å². The molecule has 1 saturated carbocycles. The van der Waals surface area contributed by atoms with Crippen molar-refractivity contribution in [3.8, 4) is 11.5 Å². The molecule has 2 N–H and O–H groups in total. The molecule has 2 rings (SSSR count). The summed E-state index contributed by atoms with van der Waals surface area (Å²) < 4.78 is 10.5. The van der Waals surface area contributed by atoms with Gasteiger partial charge in [0, 0.05) is 18.7 Å². The monoisotopic (exact) mass is 250 g/mol. The Balaban J connectivity index is 2.42. The molecule has 0 aromatic heterocycles. The highest BCUT2D eigenvalue weighted by Gasteiger charge is 2.53. The number of likely N-dealkylation sites (N-methyl/N-ethyl adjacent to an activating group) is 1. The highest BCUT2D eigenvalue weighted by Crippen LogP contribution is 2.52. The van der Waals surface area contributed by atoms with Gasteiger partial charge in [-0.1, -0.05) is 6.07 Å². The van der Waals surface area contributed by atoms with E-state index in [1.165, 1.54) is 0 Å². The second-order valence-corrected chi connectivity index (χ2v) is 4.56. The van der Waals surface area contributed by atoms with Gasteiger partial charge in [0.25, 0.3) is 0 Å². The van der Waals surface area contributed by atoms with Crippen molar-refractivity contribution in [3.63, 3.8) is 0 Å². The van der Waals surface area contributed by atoms with Crippen molar-refractivity contribution in [2.45, 2.75) is 18.3 Å². The van der Waals surface area contributed by atoms with Crippen molar-refractivity contribution in [2.75, 3.05) is 21.3 Å². The molecule has 1 fully saturated rings. The van der Waals surface area contributed by atoms with Crippen LogP contribution in [0.5, 0.6) is 11.5 Å². The third kappa shape index (κ3) is 1.90. The van der Waals surface area contributed by atoms with E-state index in [1.807, 2.05) is 12.1 Å². The van der Waals surface area contributed by atoms with Gasteiger partial charge in [0.1, 0.15) is 11.5 Å². The van der Waals surface area contributed by atoms with Crippen molar-refractivity contribution >= 4 is 5.91 Å². The summed E-state index contributed by atoms with van der Waals surface area (Å²) in [5.74, 6) is 6.86. The number of hydrogen-bond acceptors (Lipinski definition) is 4. The van der Waals surface area contributed by atoms with E-state index in [9.17, 15) is 4.79 Å². The molecule has 98 valence electrons. The minimum Gasteiger partial charge on any atom is -0.497 e. The van der Waals surface area contributed by atoms with Crippen LogP contribution < -0.4 is 15.3 Å². The van der Waals surface area contributed by atoms with E-state index < -0.39 is 5.41 Å². The summed E-state index contributed by atoms with van der Waals surface area (Å²) in [5.41, 5.74) is 0.370. The number of hydrazine groups is 1. The maximum atomic E-state index is 12.2. The van der Waals surface area contributed by atoms with Crippen LogP contribution in [-0.4, -0.2) is 32.2 Å². The van der Waals surface area contributed by atoms with Crippen molar-refractivity contribution in [3.05, 3.63) is 23.8 Å². The average Bonchev–Trinajstić information content (AvgIpc) is 3.18. The fourth-order valence-corrected chi connectivity index (χ4v) is 2.25. The van der Waals surface area contributed by atoms with Gasteiger partial charge in [-0.15, -0.1) is 0 Å². The number of methoxy groups -OCH3 is 2. The van der Waals surface area contributed by atoms with E-state index in [2.05, 4.69) is 0 Å². The third-order valence-corrected chi connectivity index (χ3v) is 3.40. The van der Waals surface area contributed by atoms with Crippen molar-refractivity contribution < 1.29 is 14.3 Å². The van der Waals surface area contributed by atoms with E-state index in [-0.39, 0.29) is 5.91 Å². The van der Waals surface area contributed by atoms with E-state index in [4.69, 9.17) is 15.3 Å². The lowest BCUT2D eigenvalue weighted by Gasteiger charge is -2.21. The number of ether oxygens (including phenoxy) is 2. The molecule has 1 aliphatic carbocycles. The van der Waals surface area contributed by atoms with Crippen LogP contribution in [0.25, 0.3) is 0 Å². The number of benzene rings is 1. The molecular formula is C13H18N2O3. The van der Waals surface area contributed by atoms with Crippen LogP contribution in [0.2, 0.25) is 0 Å². The summed E-state index contributed by atoms with van der Waals surface area (Å²) in [4.78, 5) is 12.2. The van der Waals surface area contributed by atoms with Crippen LogP contribution in [0.3, 0.4) is 0 Å². The highest BCUT2D eigenvalue weighted by molar-refractivity contribution is 5.91. The Morgan fingerprint density at radius 2 is 2.00 bits per heavy atom. The lowest BCUT2D eigenvalue weighted by Crippen LogP contribution is -2.41. The molecule has 18 heavy (non-hydrogen) atoms. The molecule has 0 saturated heterocycles. The van der Waals surface area contributed by atoms with Gasteiger partial charge >= 0.3 is 0 Å². The molecule has 0 bridgehead atoms. The van der Waals surface area contributed by atoms with E-state index in [0.717, 1.165) is 23.4 Å². The van der Waals surface area contributed by atoms with Gasteiger partial charge < -0.3 is 9.47 Å². The van der Waals surface area contributed by atoms with Crippen LogP contribution >= 0.6 is 0 Å². The third-order valence-electron chi connectivity index (χ3n) is 3.40. The van der Waals surface area contributed by atoms with Crippen LogP contribution in [0.4, 0.5) is 0 Å². The molecule has 0 heterocycles. The zero-order valence-corrected chi connectivity index (χ0v) is 10.9. The average molecular weight is 250 g/mol. The largest absolute Gasteiger partial charge is 0.497 e. The van der Waals surface area contributed by atoms with Gasteiger partial charge in [-0.05, 0) is 18.9 Å². The zero-order chi connectivity index (χ0) is 13.3. The molecule has 0 unspecified atom stereocenters. The van der Waals surface area contributed by atoms with E-state index in [0.29, 0.717) is 11.5 Å². The van der Waals surface area contributed by atoms with E-state index >= 15 is 0 Å². The lowest BCUT2D eigenvalue weighted by atomic mass is 9.93. The number of rotatable bonds is 4. The number of hydrogen-bond donors (Lipinski definition) is 1. The predicted octanol–water partition coefficient (Wildman–Crippen LogP) is 1.07. The quantitative estimate of drug-likeness (QED) is 0.493. The molecule has 0 aliphatic heterocycles. The normalized spacial score (nSPS) is 16.0. The number of nitrogens with zero attached hydrogens (tertiary/aromatic N) is 1. The van der Waals surface area contributed by atoms with Crippen molar-refractivity contribution in [1.82, 2.24) is 5.01 Å². The first-order chi connectivity index (χ1) is 8.55. The zero-order valence-electron chi connectivity index (χ0n) is 10.9. The molecule has 0 spiro atoms. The van der Waals surface area contributed by atoms with Gasteiger partial charge in [0.2, 0.25) is 5.91 Å². The first kappa shape index (κ1) is 12.7. The molecule has 1 aliphatic rings. The Labute approximate surface area is 106 Å². The summed E-state index contributed by atoms with van der Waals surface area (Å²) >= 11 is 0. The van der Waals surface area contributed by atoms with E-state index in [1.54, 1.807) is 27.3 Å². The van der Waals surface area contributed by atoms with Crippen LogP contribution in [0, 0.1) is 0 Å². The van der Waals surface area contributed by atoms with Crippen molar-refractivity contribution in [1.29, 1.82) is 0 Å². The van der Waals surface area contributed by atoms with Crippen LogP contribution in [0.15, 0.2) is 18.2 Å². The fraction of sp³-hybridized carbons (Fsp3) is 0.462. The minimum atomic E-state index is -0.513. The van der Waals surface area contributed by atoms with Crippen LogP contribution in [0.1, 0.15) is 18.4 Å². The molecule has 1 amide bonds. The predicted molar refractivity (Wildman–Crippen MR) is 67.4 cm³/mol. The first-order valence-electron chi connectivity index (χ1n) is 5.80. The Bertz CT molecular complexity index is 467. The standard InChI is InChI=1S/C13H18N2O3/c1-15(14)12(16)13(6-7-13)10-5-4-9(17-2)8-11(10)18-3/h4-5,8H,6-7,14H2,1-3H3. The molecular weight excluding hydrogens is 232 g/mol. The fourth-order valence-electron chi connectivity index (χ4n) is 2.25. The highest BCUT2D eigenvalue weighted by atomic mass is 16.5. The molecule has 5 heteroatoms. The lowest BCUT2D eigenvalue weighted by molar-refractivity contribution is -0.132. The summed E-state index contributed by atoms with van der Waals surface area (Å²) in [7, 11) is 4.75. The molecule has 0 atom stereocenters. The summed E-state index contributed by atoms with van der Waals surface area (Å²) in [5, 5.41) is 1.15. The van der Waals surface area contributed by atoms with Gasteiger partial charge in [-0.3, -0.25) is 9.80 Å². The maximum Gasteiger partial charge on any atom is 0.246 e. The van der Waals surface area contributed by atoms with Gasteiger partial charge in [-0.25, -0.2) is 5.84 Å². The molecule has 1 aromatic rings. The maximum absolute atomic E-state index is 12.2. The SMILES string of the molecule is COc1ccc(C2(C(=O)N(C)N)CC2)c(OC)c1. The van der Waals surface area contributed by atoms with Crippen LogP contribution in [-0.2, 0) is 10.2 Å². The smallest absolute Gasteiger partial charge is 0.246 e. The second kappa shape index (κ2) is 4.49. The number of carbonyl (C=O) groups excluding carboxylic acids is 1. The molecule has 1 aromatic carbocycles. The second-order valence-electron chi connectivity index (χ2n) is 4.56. The van der Waals surface area contributed by atoms with Gasteiger partial charge in [0.05, 0.1) is 19.6 Å². The Hall–Kier alpha value is -1.75. The number of amides is 1. The number of carbonyl (C=O) groups is 1. The Morgan fingerprint density at radius 3 is 2.44 bits per heavy atom. The summed E-state index contributed by atoms with van der Waals surface area (Å²) in [6.07, 6.45) is 1.60. The van der Waals surface area contributed by atoms with Gasteiger partial charge in [-0.2, -0.15) is 0 Å². The summed E-state index contributed by atoms with van der Waals surface area (Å²) in [6, 6.07) is 5.51. The first-order valence-corrected chi connectivity index (χ1v) is 5.80. The number of nitrogens with two attached hydrogens (primary N) is 1. The minimum absolute atomic E-state index is 0.0778. The molecule has 5 nitrogen and oxygen atoms in total. The Morgan fingerprint density at radius 1 is 1.33 bits per heavy atom.